The monoisotopic (exact) mass is 616 g/mol. The summed E-state index contributed by atoms with van der Waals surface area (Å²) in [7, 11) is -3.60. The van der Waals surface area contributed by atoms with Gasteiger partial charge in [0.05, 0.1) is 12.5 Å². The Morgan fingerprint density at radius 3 is 2.44 bits per heavy atom. The minimum Gasteiger partial charge on any atom is -0.505 e. The van der Waals surface area contributed by atoms with Crippen LogP contribution >= 0.6 is 0 Å². The number of hydrogen-bond acceptors (Lipinski definition) is 7. The highest BCUT2D eigenvalue weighted by molar-refractivity contribution is 7.88. The number of ether oxygens (including phenoxy) is 1. The third-order valence-electron chi connectivity index (χ3n) is 7.16. The fourth-order valence-electron chi connectivity index (χ4n) is 5.06. The summed E-state index contributed by atoms with van der Waals surface area (Å²) >= 11 is 0. The van der Waals surface area contributed by atoms with E-state index in [-0.39, 0.29) is 18.3 Å². The first-order valence-corrected chi connectivity index (χ1v) is 16.1. The van der Waals surface area contributed by atoms with E-state index in [1.165, 1.54) is 22.7 Å². The maximum atomic E-state index is 14.9. The lowest BCUT2D eigenvalue weighted by Crippen LogP contribution is -2.49. The van der Waals surface area contributed by atoms with Crippen LogP contribution in [0.1, 0.15) is 57.0 Å². The molecule has 2 heterocycles. The van der Waals surface area contributed by atoms with Crippen LogP contribution in [0.3, 0.4) is 0 Å². The van der Waals surface area contributed by atoms with E-state index in [9.17, 15) is 27.1 Å². The molecule has 1 aliphatic heterocycles. The molecule has 9 nitrogen and oxygen atoms in total. The Labute approximate surface area is 251 Å². The van der Waals surface area contributed by atoms with E-state index in [0.717, 1.165) is 11.8 Å². The first-order valence-electron chi connectivity index (χ1n) is 14.2. The van der Waals surface area contributed by atoms with Crippen molar-refractivity contribution >= 4 is 16.1 Å². The molecular formula is C31H38F2N4O5S. The topological polar surface area (TPSA) is 113 Å². The van der Waals surface area contributed by atoms with Crippen molar-refractivity contribution in [2.45, 2.75) is 71.1 Å². The van der Waals surface area contributed by atoms with Gasteiger partial charge >= 0.3 is 6.09 Å². The number of carbonyl (C=O) groups excluding carboxylic acids is 1. The molecule has 0 spiro atoms. The molecule has 12 heteroatoms. The number of aromatic nitrogens is 2. The summed E-state index contributed by atoms with van der Waals surface area (Å²) in [6, 6.07) is 10.9. The highest BCUT2D eigenvalue weighted by atomic mass is 32.2. The number of aryl methyl sites for hydroxylation is 2. The fourth-order valence-corrected chi connectivity index (χ4v) is 6.20. The third-order valence-corrected chi connectivity index (χ3v) is 8.44. The highest BCUT2D eigenvalue weighted by Gasteiger charge is 2.33. The van der Waals surface area contributed by atoms with E-state index in [0.29, 0.717) is 62.1 Å². The van der Waals surface area contributed by atoms with Crippen molar-refractivity contribution in [3.05, 3.63) is 77.2 Å². The molecule has 43 heavy (non-hydrogen) atoms. The third kappa shape index (κ3) is 8.93. The molecular weight excluding hydrogens is 578 g/mol. The van der Waals surface area contributed by atoms with Crippen molar-refractivity contribution in [3.8, 4) is 17.0 Å². The molecule has 1 saturated heterocycles. The summed E-state index contributed by atoms with van der Waals surface area (Å²) in [6.45, 7) is 6.24. The summed E-state index contributed by atoms with van der Waals surface area (Å²) in [4.78, 5) is 22.6. The van der Waals surface area contributed by atoms with Crippen molar-refractivity contribution in [1.82, 2.24) is 19.2 Å². The Bertz CT molecular complexity index is 1550. The first kappa shape index (κ1) is 32.3. The SMILES string of the molecule is CC(C)(C)OC(=O)N1CCC(N(Cc2cccc(-c3nc(CCCc4ccc(O)c(F)c4)ncc3F)c2)S(C)(=O)=O)CC1. The normalized spacial score (nSPS) is 14.7. The standard InChI is InChI=1S/C31H38F2N4O5S/c1-31(2,3)42-30(39)36-15-13-24(14-16-36)37(43(4,40)41)20-22-8-5-9-23(17-22)29-26(33)19-34-28(35-29)10-6-7-21-11-12-27(38)25(32)18-21/h5,8-9,11-12,17-19,24,38H,6-7,10,13-16,20H2,1-4H3. The molecule has 0 atom stereocenters. The Kier molecular flexibility index (Phi) is 10.0. The van der Waals surface area contributed by atoms with Crippen LogP contribution in [0.2, 0.25) is 0 Å². The largest absolute Gasteiger partial charge is 0.505 e. The lowest BCUT2D eigenvalue weighted by molar-refractivity contribution is 0.0176. The fraction of sp³-hybridized carbons (Fsp3) is 0.452. The molecule has 0 saturated carbocycles. The van der Waals surface area contributed by atoms with Crippen LogP contribution in [0.5, 0.6) is 5.75 Å². The molecule has 2 aromatic carbocycles. The van der Waals surface area contributed by atoms with Crippen LogP contribution in [0.4, 0.5) is 13.6 Å². The van der Waals surface area contributed by atoms with Gasteiger partial charge in [0, 0.05) is 37.7 Å². The van der Waals surface area contributed by atoms with Gasteiger partial charge in [0.25, 0.3) is 0 Å². The number of hydrogen-bond donors (Lipinski definition) is 1. The minimum absolute atomic E-state index is 0.0898. The summed E-state index contributed by atoms with van der Waals surface area (Å²) in [5.74, 6) is -1.26. The van der Waals surface area contributed by atoms with Crippen molar-refractivity contribution in [1.29, 1.82) is 0 Å². The van der Waals surface area contributed by atoms with E-state index in [2.05, 4.69) is 9.97 Å². The number of phenols is 1. The van der Waals surface area contributed by atoms with Crippen LogP contribution in [-0.4, -0.2) is 69.8 Å². The number of likely N-dealkylation sites (tertiary alicyclic amines) is 1. The van der Waals surface area contributed by atoms with Gasteiger partial charge in [0.1, 0.15) is 17.1 Å². The van der Waals surface area contributed by atoms with Crippen molar-refractivity contribution in [2.75, 3.05) is 19.3 Å². The maximum Gasteiger partial charge on any atom is 0.410 e. The number of benzene rings is 2. The number of carbonyl (C=O) groups is 1. The molecule has 232 valence electrons. The zero-order valence-electron chi connectivity index (χ0n) is 24.9. The van der Waals surface area contributed by atoms with Gasteiger partial charge in [-0.05, 0) is 75.8 Å². The van der Waals surface area contributed by atoms with Crippen LogP contribution in [0.25, 0.3) is 11.3 Å². The molecule has 0 radical (unpaired) electrons. The van der Waals surface area contributed by atoms with Gasteiger partial charge in [-0.2, -0.15) is 4.31 Å². The smallest absolute Gasteiger partial charge is 0.410 e. The molecule has 1 aliphatic rings. The molecule has 4 rings (SSSR count). The summed E-state index contributed by atoms with van der Waals surface area (Å²) in [5, 5.41) is 9.36. The quantitative estimate of drug-likeness (QED) is 0.340. The van der Waals surface area contributed by atoms with Gasteiger partial charge in [-0.25, -0.2) is 32.0 Å². The van der Waals surface area contributed by atoms with E-state index in [4.69, 9.17) is 4.74 Å². The molecule has 0 unspecified atom stereocenters. The van der Waals surface area contributed by atoms with Gasteiger partial charge in [0.2, 0.25) is 10.0 Å². The van der Waals surface area contributed by atoms with E-state index in [1.807, 2.05) is 0 Å². The predicted octanol–water partition coefficient (Wildman–Crippen LogP) is 5.46. The molecule has 1 aromatic heterocycles. The Morgan fingerprint density at radius 1 is 1.07 bits per heavy atom. The number of phenolic OH excluding ortho intramolecular Hbond substituents is 1. The van der Waals surface area contributed by atoms with Crippen LogP contribution < -0.4 is 0 Å². The Hall–Kier alpha value is -3.64. The van der Waals surface area contributed by atoms with E-state index in [1.54, 1.807) is 56.0 Å². The number of amides is 1. The van der Waals surface area contributed by atoms with Crippen molar-refractivity contribution in [3.63, 3.8) is 0 Å². The van der Waals surface area contributed by atoms with E-state index < -0.39 is 39.1 Å². The van der Waals surface area contributed by atoms with Gasteiger partial charge in [-0.15, -0.1) is 0 Å². The summed E-state index contributed by atoms with van der Waals surface area (Å²) in [5.41, 5.74) is 1.38. The number of rotatable bonds is 9. The minimum atomic E-state index is -3.60. The number of halogens is 2. The number of piperidine rings is 1. The number of nitrogens with zero attached hydrogens (tertiary/aromatic N) is 4. The highest BCUT2D eigenvalue weighted by Crippen LogP contribution is 2.26. The lowest BCUT2D eigenvalue weighted by atomic mass is 10.0. The number of sulfonamides is 1. The molecule has 0 bridgehead atoms. The van der Waals surface area contributed by atoms with Crippen LogP contribution in [0, 0.1) is 11.6 Å². The molecule has 1 N–H and O–H groups in total. The zero-order chi connectivity index (χ0) is 31.4. The second kappa shape index (κ2) is 13.3. The van der Waals surface area contributed by atoms with Gasteiger partial charge < -0.3 is 14.7 Å². The van der Waals surface area contributed by atoms with Crippen molar-refractivity contribution < 1.29 is 31.8 Å². The maximum absolute atomic E-state index is 14.9. The Morgan fingerprint density at radius 2 is 1.79 bits per heavy atom. The average molecular weight is 617 g/mol. The lowest BCUT2D eigenvalue weighted by Gasteiger charge is -2.37. The number of aromatic hydroxyl groups is 1. The van der Waals surface area contributed by atoms with Gasteiger partial charge in [-0.1, -0.05) is 24.3 Å². The molecule has 3 aromatic rings. The van der Waals surface area contributed by atoms with Gasteiger partial charge in [-0.3, -0.25) is 0 Å². The molecule has 0 aliphatic carbocycles. The average Bonchev–Trinajstić information content (AvgIpc) is 2.93. The second-order valence-electron chi connectivity index (χ2n) is 11.8. The van der Waals surface area contributed by atoms with Crippen molar-refractivity contribution in [2.24, 2.45) is 0 Å². The molecule has 1 fully saturated rings. The van der Waals surface area contributed by atoms with Gasteiger partial charge in [0.15, 0.2) is 17.4 Å². The van der Waals surface area contributed by atoms with E-state index >= 15 is 0 Å². The molecule has 1 amide bonds. The zero-order valence-corrected chi connectivity index (χ0v) is 25.7. The second-order valence-corrected chi connectivity index (χ2v) is 13.8. The van der Waals surface area contributed by atoms with Crippen LogP contribution in [0.15, 0.2) is 48.7 Å². The first-order chi connectivity index (χ1) is 20.2. The Balaban J connectivity index is 1.44. The summed E-state index contributed by atoms with van der Waals surface area (Å²) in [6.07, 6.45) is 4.35. The summed E-state index contributed by atoms with van der Waals surface area (Å²) < 4.78 is 61.0. The predicted molar refractivity (Wildman–Crippen MR) is 159 cm³/mol. The van der Waals surface area contributed by atoms with Crippen LogP contribution in [-0.2, 0) is 34.1 Å².